The fourth-order valence-corrected chi connectivity index (χ4v) is 4.12. The topological polar surface area (TPSA) is 63.1 Å². The summed E-state index contributed by atoms with van der Waals surface area (Å²) in [6.07, 6.45) is 4.48. The van der Waals surface area contributed by atoms with Crippen LogP contribution in [-0.4, -0.2) is 45.1 Å². The minimum absolute atomic E-state index is 0.0564. The Morgan fingerprint density at radius 3 is 2.77 bits per heavy atom. The first-order valence-corrected chi connectivity index (χ1v) is 10.3. The normalized spacial score (nSPS) is 18.2. The number of hydrogen-bond donors (Lipinski definition) is 1. The average molecular weight is 392 g/mol. The second-order valence-corrected chi connectivity index (χ2v) is 8.58. The van der Waals surface area contributed by atoms with Crippen LogP contribution in [0.4, 0.5) is 5.95 Å². The van der Waals surface area contributed by atoms with Crippen molar-refractivity contribution in [3.8, 4) is 5.69 Å². The molecule has 2 fully saturated rings. The number of aromatic nitrogens is 3. The van der Waals surface area contributed by atoms with E-state index in [4.69, 9.17) is 11.6 Å². The van der Waals surface area contributed by atoms with E-state index in [-0.39, 0.29) is 11.2 Å². The Bertz CT molecular complexity index is 801. The standard InChI is InChI=1S/C18H22ClN5OS/c1-12(16(25)20-14-7-8-14)26-18-22-21-17(23-9-2-3-10-23)24(18)15-6-4-5-13(19)11-15/h4-6,11-12,14H,2-3,7-10H2,1H3,(H,20,25). The molecule has 1 atom stereocenters. The van der Waals surface area contributed by atoms with Crippen molar-refractivity contribution in [3.63, 3.8) is 0 Å². The minimum Gasteiger partial charge on any atom is -0.352 e. The van der Waals surface area contributed by atoms with Crippen LogP contribution >= 0.6 is 23.4 Å². The Morgan fingerprint density at radius 1 is 1.31 bits per heavy atom. The van der Waals surface area contributed by atoms with Crippen LogP contribution in [0.25, 0.3) is 5.69 Å². The van der Waals surface area contributed by atoms with E-state index in [2.05, 4.69) is 20.4 Å². The van der Waals surface area contributed by atoms with Gasteiger partial charge in [-0.15, -0.1) is 10.2 Å². The van der Waals surface area contributed by atoms with Gasteiger partial charge in [-0.05, 0) is 50.8 Å². The number of rotatable bonds is 6. The van der Waals surface area contributed by atoms with Crippen LogP contribution < -0.4 is 10.2 Å². The molecular formula is C18H22ClN5OS. The van der Waals surface area contributed by atoms with E-state index >= 15 is 0 Å². The Kier molecular flexibility index (Phi) is 5.09. The van der Waals surface area contributed by atoms with Gasteiger partial charge in [-0.25, -0.2) is 0 Å². The summed E-state index contributed by atoms with van der Waals surface area (Å²) in [7, 11) is 0. The predicted octanol–water partition coefficient (Wildman–Crippen LogP) is 3.28. The highest BCUT2D eigenvalue weighted by Gasteiger charge is 2.28. The maximum atomic E-state index is 12.3. The van der Waals surface area contributed by atoms with Crippen LogP contribution in [0.3, 0.4) is 0 Å². The van der Waals surface area contributed by atoms with Crippen LogP contribution in [0.15, 0.2) is 29.4 Å². The van der Waals surface area contributed by atoms with Crippen LogP contribution in [0.2, 0.25) is 5.02 Å². The van der Waals surface area contributed by atoms with Crippen molar-refractivity contribution in [1.29, 1.82) is 0 Å². The lowest BCUT2D eigenvalue weighted by Gasteiger charge is -2.19. The molecule has 0 radical (unpaired) electrons. The minimum atomic E-state index is -0.232. The van der Waals surface area contributed by atoms with Gasteiger partial charge in [-0.3, -0.25) is 9.36 Å². The van der Waals surface area contributed by atoms with Crippen molar-refractivity contribution in [1.82, 2.24) is 20.1 Å². The molecule has 1 saturated heterocycles. The first-order valence-electron chi connectivity index (χ1n) is 9.05. The fourth-order valence-electron chi connectivity index (χ4n) is 3.06. The smallest absolute Gasteiger partial charge is 0.233 e. The molecule has 26 heavy (non-hydrogen) atoms. The third-order valence-corrected chi connectivity index (χ3v) is 5.92. The highest BCUT2D eigenvalue weighted by atomic mass is 35.5. The molecule has 138 valence electrons. The largest absolute Gasteiger partial charge is 0.352 e. The van der Waals surface area contributed by atoms with Crippen LogP contribution in [0.1, 0.15) is 32.6 Å². The second kappa shape index (κ2) is 7.48. The molecule has 1 saturated carbocycles. The van der Waals surface area contributed by atoms with Gasteiger partial charge in [-0.2, -0.15) is 0 Å². The zero-order valence-electron chi connectivity index (χ0n) is 14.7. The predicted molar refractivity (Wildman–Crippen MR) is 104 cm³/mol. The Labute approximate surface area is 162 Å². The zero-order valence-corrected chi connectivity index (χ0v) is 16.3. The molecule has 1 aromatic carbocycles. The monoisotopic (exact) mass is 391 g/mol. The van der Waals surface area contributed by atoms with Gasteiger partial charge in [-0.1, -0.05) is 29.4 Å². The van der Waals surface area contributed by atoms with Gasteiger partial charge < -0.3 is 10.2 Å². The van der Waals surface area contributed by atoms with E-state index in [0.29, 0.717) is 16.2 Å². The molecule has 2 aromatic rings. The van der Waals surface area contributed by atoms with Gasteiger partial charge in [0, 0.05) is 24.2 Å². The molecule has 0 bridgehead atoms. The summed E-state index contributed by atoms with van der Waals surface area (Å²) in [5.41, 5.74) is 0.918. The van der Waals surface area contributed by atoms with E-state index in [1.54, 1.807) is 0 Å². The van der Waals surface area contributed by atoms with Crippen LogP contribution in [0.5, 0.6) is 0 Å². The quantitative estimate of drug-likeness (QED) is 0.765. The number of benzene rings is 1. The number of carbonyl (C=O) groups excluding carboxylic acids is 1. The molecule has 1 aliphatic carbocycles. The van der Waals surface area contributed by atoms with E-state index < -0.39 is 0 Å². The summed E-state index contributed by atoms with van der Waals surface area (Å²) in [6, 6.07) is 8.03. The lowest BCUT2D eigenvalue weighted by Crippen LogP contribution is -2.32. The summed E-state index contributed by atoms with van der Waals surface area (Å²) in [6.45, 7) is 3.86. The summed E-state index contributed by atoms with van der Waals surface area (Å²) >= 11 is 7.64. The maximum absolute atomic E-state index is 12.3. The zero-order chi connectivity index (χ0) is 18.1. The number of hydrogen-bond acceptors (Lipinski definition) is 5. The van der Waals surface area contributed by atoms with Crippen LogP contribution in [0, 0.1) is 0 Å². The lowest BCUT2D eigenvalue weighted by molar-refractivity contribution is -0.120. The molecule has 1 amide bonds. The molecule has 2 aliphatic rings. The van der Waals surface area contributed by atoms with Gasteiger partial charge in [0.15, 0.2) is 5.16 Å². The molecule has 2 heterocycles. The lowest BCUT2D eigenvalue weighted by atomic mass is 10.3. The van der Waals surface area contributed by atoms with Crippen molar-refractivity contribution < 1.29 is 4.79 Å². The Morgan fingerprint density at radius 2 is 2.08 bits per heavy atom. The van der Waals surface area contributed by atoms with E-state index in [0.717, 1.165) is 50.4 Å². The highest BCUT2D eigenvalue weighted by Crippen LogP contribution is 2.32. The van der Waals surface area contributed by atoms with Crippen molar-refractivity contribution in [2.24, 2.45) is 0 Å². The summed E-state index contributed by atoms with van der Waals surface area (Å²) in [5.74, 6) is 0.878. The van der Waals surface area contributed by atoms with Gasteiger partial charge >= 0.3 is 0 Å². The SMILES string of the molecule is CC(Sc1nnc(N2CCCC2)n1-c1cccc(Cl)c1)C(=O)NC1CC1. The third kappa shape index (κ3) is 3.83. The molecular weight excluding hydrogens is 370 g/mol. The number of thioether (sulfide) groups is 1. The van der Waals surface area contributed by atoms with Crippen molar-refractivity contribution in [2.45, 2.75) is 49.1 Å². The van der Waals surface area contributed by atoms with Gasteiger partial charge in [0.1, 0.15) is 0 Å². The summed E-state index contributed by atoms with van der Waals surface area (Å²) < 4.78 is 2.02. The first kappa shape index (κ1) is 17.7. The van der Waals surface area contributed by atoms with Crippen molar-refractivity contribution in [3.05, 3.63) is 29.3 Å². The molecule has 4 rings (SSSR count). The molecule has 1 unspecified atom stereocenters. The van der Waals surface area contributed by atoms with Crippen LogP contribution in [-0.2, 0) is 4.79 Å². The molecule has 8 heteroatoms. The molecule has 1 aromatic heterocycles. The van der Waals surface area contributed by atoms with Gasteiger partial charge in [0.2, 0.25) is 11.9 Å². The van der Waals surface area contributed by atoms with Gasteiger partial charge in [0.05, 0.1) is 10.9 Å². The number of halogens is 1. The number of carbonyl (C=O) groups is 1. The van der Waals surface area contributed by atoms with E-state index in [1.165, 1.54) is 11.8 Å². The Balaban J connectivity index is 1.64. The molecule has 1 N–H and O–H groups in total. The molecule has 6 nitrogen and oxygen atoms in total. The maximum Gasteiger partial charge on any atom is 0.233 e. The number of nitrogens with one attached hydrogen (secondary N) is 1. The summed E-state index contributed by atoms with van der Waals surface area (Å²) in [4.78, 5) is 14.6. The van der Waals surface area contributed by atoms with Crippen molar-refractivity contribution >= 4 is 35.2 Å². The van der Waals surface area contributed by atoms with E-state index in [9.17, 15) is 4.79 Å². The number of amides is 1. The fraction of sp³-hybridized carbons (Fsp3) is 0.500. The third-order valence-electron chi connectivity index (χ3n) is 4.65. The first-order chi connectivity index (χ1) is 12.6. The molecule has 0 spiro atoms. The van der Waals surface area contributed by atoms with E-state index in [1.807, 2.05) is 35.8 Å². The van der Waals surface area contributed by atoms with Crippen molar-refractivity contribution in [2.75, 3.05) is 18.0 Å². The molecule has 1 aliphatic heterocycles. The number of anilines is 1. The summed E-state index contributed by atoms with van der Waals surface area (Å²) in [5, 5.41) is 13.0. The number of nitrogens with zero attached hydrogens (tertiary/aromatic N) is 4. The Hall–Kier alpha value is -1.73. The second-order valence-electron chi connectivity index (χ2n) is 6.83. The average Bonchev–Trinajstić information content (AvgIpc) is 3.10. The highest BCUT2D eigenvalue weighted by molar-refractivity contribution is 8.00. The van der Waals surface area contributed by atoms with Gasteiger partial charge in [0.25, 0.3) is 0 Å².